The van der Waals surface area contributed by atoms with Crippen LogP contribution >= 0.6 is 0 Å². The van der Waals surface area contributed by atoms with Gasteiger partial charge in [0.25, 0.3) is 5.91 Å². The molecule has 0 bridgehead atoms. The molecular weight excluding hydrogens is 380 g/mol. The normalized spacial score (nSPS) is 15.6. The number of fused-ring (bicyclic) bond motifs is 1. The molecule has 1 aliphatic heterocycles. The Balaban J connectivity index is 1.43. The molecule has 0 radical (unpaired) electrons. The van der Waals surface area contributed by atoms with E-state index in [-0.39, 0.29) is 10.8 Å². The molecule has 1 saturated heterocycles. The van der Waals surface area contributed by atoms with Gasteiger partial charge in [-0.1, -0.05) is 12.1 Å². The standard InChI is InChI=1S/C19H20N4O4S/c24-19(17-2-1-8-22-9-7-20-18(17)22)21-14-15-3-5-16(6-4-15)28(25,26)23-10-12-27-13-11-23/h1-9H,10-14H2,(H,21,24). The summed E-state index contributed by atoms with van der Waals surface area (Å²) >= 11 is 0. The zero-order valence-corrected chi connectivity index (χ0v) is 15.9. The second-order valence-corrected chi connectivity index (χ2v) is 8.36. The molecule has 0 aliphatic carbocycles. The van der Waals surface area contributed by atoms with Crippen LogP contribution in [-0.2, 0) is 21.3 Å². The number of hydrogen-bond acceptors (Lipinski definition) is 5. The van der Waals surface area contributed by atoms with E-state index >= 15 is 0 Å². The molecule has 1 aliphatic rings. The highest BCUT2D eigenvalue weighted by molar-refractivity contribution is 7.89. The van der Waals surface area contributed by atoms with Crippen LogP contribution in [0, 0.1) is 0 Å². The van der Waals surface area contributed by atoms with E-state index < -0.39 is 10.0 Å². The van der Waals surface area contributed by atoms with E-state index in [2.05, 4.69) is 10.3 Å². The Morgan fingerprint density at radius 2 is 1.86 bits per heavy atom. The van der Waals surface area contributed by atoms with Gasteiger partial charge in [0.2, 0.25) is 10.0 Å². The molecule has 2 aromatic heterocycles. The van der Waals surface area contributed by atoms with Gasteiger partial charge in [0.1, 0.15) is 5.65 Å². The Bertz CT molecular complexity index is 1090. The molecule has 1 amide bonds. The van der Waals surface area contributed by atoms with E-state index in [0.717, 1.165) is 5.56 Å². The second-order valence-electron chi connectivity index (χ2n) is 6.42. The maximum absolute atomic E-state index is 12.6. The summed E-state index contributed by atoms with van der Waals surface area (Å²) in [6, 6.07) is 10.1. The lowest BCUT2D eigenvalue weighted by atomic mass is 10.2. The van der Waals surface area contributed by atoms with Crippen LogP contribution in [-0.4, -0.2) is 54.3 Å². The molecule has 0 saturated carbocycles. The third kappa shape index (κ3) is 3.64. The Labute approximate surface area is 162 Å². The minimum atomic E-state index is -3.52. The van der Waals surface area contributed by atoms with Crippen LogP contribution in [0.15, 0.2) is 59.9 Å². The van der Waals surface area contributed by atoms with E-state index in [1.165, 1.54) is 4.31 Å². The fourth-order valence-electron chi connectivity index (χ4n) is 3.12. The number of imidazole rings is 1. The van der Waals surface area contributed by atoms with Crippen molar-refractivity contribution in [2.75, 3.05) is 26.3 Å². The third-order valence-corrected chi connectivity index (χ3v) is 6.56. The highest BCUT2D eigenvalue weighted by Crippen LogP contribution is 2.18. The third-order valence-electron chi connectivity index (χ3n) is 4.65. The zero-order valence-electron chi connectivity index (χ0n) is 15.1. The minimum Gasteiger partial charge on any atom is -0.379 e. The number of nitrogens with one attached hydrogen (secondary N) is 1. The van der Waals surface area contributed by atoms with Crippen LogP contribution in [0.1, 0.15) is 15.9 Å². The summed E-state index contributed by atoms with van der Waals surface area (Å²) in [5.41, 5.74) is 1.88. The molecule has 146 valence electrons. The number of hydrogen-bond donors (Lipinski definition) is 1. The highest BCUT2D eigenvalue weighted by Gasteiger charge is 2.26. The van der Waals surface area contributed by atoms with Crippen molar-refractivity contribution < 1.29 is 17.9 Å². The number of carbonyl (C=O) groups excluding carboxylic acids is 1. The molecule has 3 aromatic rings. The van der Waals surface area contributed by atoms with Crippen molar-refractivity contribution in [3.63, 3.8) is 0 Å². The summed E-state index contributed by atoms with van der Waals surface area (Å²) < 4.78 is 33.7. The number of pyridine rings is 1. The number of ether oxygens (including phenoxy) is 1. The van der Waals surface area contributed by atoms with E-state index in [4.69, 9.17) is 4.74 Å². The highest BCUT2D eigenvalue weighted by atomic mass is 32.2. The number of sulfonamides is 1. The monoisotopic (exact) mass is 400 g/mol. The predicted molar refractivity (Wildman–Crippen MR) is 102 cm³/mol. The van der Waals surface area contributed by atoms with Gasteiger partial charge in [-0.2, -0.15) is 4.31 Å². The largest absolute Gasteiger partial charge is 0.379 e. The summed E-state index contributed by atoms with van der Waals surface area (Å²) in [7, 11) is -3.52. The minimum absolute atomic E-state index is 0.234. The fraction of sp³-hybridized carbons (Fsp3) is 0.263. The van der Waals surface area contributed by atoms with E-state index in [1.807, 2.05) is 6.20 Å². The van der Waals surface area contributed by atoms with Crippen LogP contribution in [0.25, 0.3) is 5.65 Å². The molecule has 4 rings (SSSR count). The van der Waals surface area contributed by atoms with Crippen molar-refractivity contribution in [3.8, 4) is 0 Å². The van der Waals surface area contributed by atoms with Crippen molar-refractivity contribution in [1.29, 1.82) is 0 Å². The molecule has 0 unspecified atom stereocenters. The van der Waals surface area contributed by atoms with Crippen LogP contribution < -0.4 is 5.32 Å². The SMILES string of the molecule is O=C(NCc1ccc(S(=O)(=O)N2CCOCC2)cc1)c1cccn2ccnc12. The summed E-state index contributed by atoms with van der Waals surface area (Å²) in [6.07, 6.45) is 5.24. The summed E-state index contributed by atoms with van der Waals surface area (Å²) in [6.45, 7) is 1.83. The van der Waals surface area contributed by atoms with E-state index in [9.17, 15) is 13.2 Å². The summed E-state index contributed by atoms with van der Waals surface area (Å²) in [5.74, 6) is -0.234. The Morgan fingerprint density at radius 3 is 2.61 bits per heavy atom. The van der Waals surface area contributed by atoms with Crippen molar-refractivity contribution in [3.05, 3.63) is 66.1 Å². The van der Waals surface area contributed by atoms with Crippen molar-refractivity contribution in [1.82, 2.24) is 19.0 Å². The van der Waals surface area contributed by atoms with Gasteiger partial charge in [0.15, 0.2) is 0 Å². The van der Waals surface area contributed by atoms with Gasteiger partial charge in [-0.15, -0.1) is 0 Å². The van der Waals surface area contributed by atoms with Gasteiger partial charge in [-0.25, -0.2) is 13.4 Å². The van der Waals surface area contributed by atoms with Crippen molar-refractivity contribution in [2.24, 2.45) is 0 Å². The average Bonchev–Trinajstić information content (AvgIpc) is 3.22. The van der Waals surface area contributed by atoms with Gasteiger partial charge in [0, 0.05) is 38.2 Å². The number of rotatable bonds is 5. The first-order valence-corrected chi connectivity index (χ1v) is 10.4. The predicted octanol–water partition coefficient (Wildman–Crippen LogP) is 1.29. The molecule has 1 aromatic carbocycles. The number of morpholine rings is 1. The van der Waals surface area contributed by atoms with Crippen molar-refractivity contribution >= 4 is 21.6 Å². The zero-order chi connectivity index (χ0) is 19.6. The average molecular weight is 400 g/mol. The number of benzene rings is 1. The molecule has 8 nitrogen and oxygen atoms in total. The van der Waals surface area contributed by atoms with Gasteiger partial charge >= 0.3 is 0 Å². The van der Waals surface area contributed by atoms with E-state index in [1.54, 1.807) is 53.2 Å². The lowest BCUT2D eigenvalue weighted by molar-refractivity contribution is 0.0730. The molecule has 0 spiro atoms. The number of amides is 1. The summed E-state index contributed by atoms with van der Waals surface area (Å²) in [4.78, 5) is 16.9. The Kier molecular flexibility index (Phi) is 5.12. The first-order chi connectivity index (χ1) is 13.6. The maximum atomic E-state index is 12.6. The molecule has 0 atom stereocenters. The van der Waals surface area contributed by atoms with Gasteiger partial charge in [0.05, 0.1) is 23.7 Å². The first kappa shape index (κ1) is 18.6. The lowest BCUT2D eigenvalue weighted by Crippen LogP contribution is -2.40. The molecule has 1 N–H and O–H groups in total. The molecule has 3 heterocycles. The second kappa shape index (κ2) is 7.70. The molecular formula is C19H20N4O4S. The smallest absolute Gasteiger partial charge is 0.255 e. The quantitative estimate of drug-likeness (QED) is 0.697. The van der Waals surface area contributed by atoms with Crippen molar-refractivity contribution in [2.45, 2.75) is 11.4 Å². The van der Waals surface area contributed by atoms with Gasteiger partial charge in [-0.3, -0.25) is 4.79 Å². The summed E-state index contributed by atoms with van der Waals surface area (Å²) in [5, 5.41) is 2.85. The van der Waals surface area contributed by atoms with Crippen LogP contribution in [0.2, 0.25) is 0 Å². The molecule has 9 heteroatoms. The Hall–Kier alpha value is -2.75. The Morgan fingerprint density at radius 1 is 1.11 bits per heavy atom. The topological polar surface area (TPSA) is 93.0 Å². The molecule has 28 heavy (non-hydrogen) atoms. The fourth-order valence-corrected chi connectivity index (χ4v) is 4.53. The molecule has 1 fully saturated rings. The lowest BCUT2D eigenvalue weighted by Gasteiger charge is -2.26. The van der Waals surface area contributed by atoms with Crippen LogP contribution in [0.4, 0.5) is 0 Å². The van der Waals surface area contributed by atoms with Crippen LogP contribution in [0.3, 0.4) is 0 Å². The maximum Gasteiger partial charge on any atom is 0.255 e. The van der Waals surface area contributed by atoms with Crippen LogP contribution in [0.5, 0.6) is 0 Å². The van der Waals surface area contributed by atoms with Gasteiger partial charge in [-0.05, 0) is 29.8 Å². The first-order valence-electron chi connectivity index (χ1n) is 8.92. The number of aromatic nitrogens is 2. The number of carbonyl (C=O) groups is 1. The number of nitrogens with zero attached hydrogens (tertiary/aromatic N) is 3. The van der Waals surface area contributed by atoms with E-state index in [0.29, 0.717) is 44.1 Å². The van der Waals surface area contributed by atoms with Gasteiger partial charge < -0.3 is 14.5 Å².